The second-order valence-electron chi connectivity index (χ2n) is 4.49. The maximum Gasteiger partial charge on any atom is 0.248 e. The Hall–Kier alpha value is -3.35. The number of anilines is 5. The molecule has 2 aromatic carbocycles. The van der Waals surface area contributed by atoms with E-state index in [9.17, 15) is 0 Å². The summed E-state index contributed by atoms with van der Waals surface area (Å²) in [7, 11) is 0. The van der Waals surface area contributed by atoms with Crippen LogP contribution in [0.5, 0.6) is 0 Å². The van der Waals surface area contributed by atoms with Crippen LogP contribution in [0.4, 0.5) is 29.2 Å². The lowest BCUT2D eigenvalue weighted by atomic mass is 10.2. The number of para-hydroxylation sites is 2. The van der Waals surface area contributed by atoms with Crippen LogP contribution in [-0.2, 0) is 0 Å². The first-order valence-electron chi connectivity index (χ1n) is 6.66. The van der Waals surface area contributed by atoms with Gasteiger partial charge < -0.3 is 11.5 Å². The molecule has 110 valence electrons. The van der Waals surface area contributed by atoms with Gasteiger partial charge in [0.25, 0.3) is 0 Å². The zero-order chi connectivity index (χ0) is 15.4. The molecule has 0 radical (unpaired) electrons. The van der Waals surface area contributed by atoms with Gasteiger partial charge in [-0.25, -0.2) is 0 Å². The molecule has 0 aliphatic heterocycles. The lowest BCUT2D eigenvalue weighted by Gasteiger charge is -2.25. The molecule has 0 atom stereocenters. The zero-order valence-electron chi connectivity index (χ0n) is 11.7. The molecule has 0 amide bonds. The minimum absolute atomic E-state index is 0.0658. The molecule has 0 spiro atoms. The maximum atomic E-state index is 5.61. The quantitative estimate of drug-likeness (QED) is 0.633. The molecule has 7 heteroatoms. The van der Waals surface area contributed by atoms with E-state index in [4.69, 9.17) is 11.5 Å². The van der Waals surface area contributed by atoms with Crippen LogP contribution < -0.4 is 21.9 Å². The summed E-state index contributed by atoms with van der Waals surface area (Å²) in [5.74, 6) is 0.407. The summed E-state index contributed by atoms with van der Waals surface area (Å²) < 4.78 is 0. The number of nitrogens with zero attached hydrogens (tertiary/aromatic N) is 4. The van der Waals surface area contributed by atoms with Gasteiger partial charge in [-0.3, -0.25) is 10.4 Å². The van der Waals surface area contributed by atoms with Crippen molar-refractivity contribution in [3.05, 3.63) is 60.7 Å². The molecule has 7 nitrogen and oxygen atoms in total. The number of nitrogens with one attached hydrogen (secondary N) is 1. The van der Waals surface area contributed by atoms with Gasteiger partial charge >= 0.3 is 0 Å². The molecular weight excluding hydrogens is 278 g/mol. The molecule has 1 heterocycles. The molecule has 0 aliphatic rings. The minimum Gasteiger partial charge on any atom is -0.368 e. The van der Waals surface area contributed by atoms with Crippen molar-refractivity contribution < 1.29 is 0 Å². The van der Waals surface area contributed by atoms with Crippen LogP contribution in [-0.4, -0.2) is 15.0 Å². The first kappa shape index (κ1) is 13.6. The van der Waals surface area contributed by atoms with Gasteiger partial charge in [0.1, 0.15) is 0 Å². The van der Waals surface area contributed by atoms with Gasteiger partial charge in [-0.15, -0.1) is 0 Å². The fraction of sp³-hybridized carbons (Fsp3) is 0. The molecule has 0 saturated carbocycles. The SMILES string of the molecule is Nc1nc(N)nc(NN(c2ccccc2)c2ccccc2)n1. The lowest BCUT2D eigenvalue weighted by Crippen LogP contribution is -2.26. The molecule has 1 aromatic heterocycles. The normalized spacial score (nSPS) is 10.2. The lowest BCUT2D eigenvalue weighted by molar-refractivity contribution is 1.03. The molecule has 0 unspecified atom stereocenters. The Balaban J connectivity index is 1.99. The second-order valence-corrected chi connectivity index (χ2v) is 4.49. The number of hydrogen-bond donors (Lipinski definition) is 3. The van der Waals surface area contributed by atoms with Gasteiger partial charge in [0, 0.05) is 0 Å². The predicted octanol–water partition coefficient (Wildman–Crippen LogP) is 2.20. The van der Waals surface area contributed by atoms with Gasteiger partial charge in [0.2, 0.25) is 17.8 Å². The Bertz CT molecular complexity index is 687. The summed E-state index contributed by atoms with van der Waals surface area (Å²) >= 11 is 0. The largest absolute Gasteiger partial charge is 0.368 e. The fourth-order valence-electron chi connectivity index (χ4n) is 1.99. The standard InChI is InChI=1S/C15H15N7/c16-13-18-14(17)20-15(19-13)21-22(11-7-3-1-4-8-11)12-9-5-2-6-10-12/h1-10H,(H5,16,17,18,19,20,21). The molecule has 3 rings (SSSR count). The summed E-state index contributed by atoms with van der Waals surface area (Å²) in [6.07, 6.45) is 0. The molecule has 22 heavy (non-hydrogen) atoms. The fourth-order valence-corrected chi connectivity index (χ4v) is 1.99. The zero-order valence-corrected chi connectivity index (χ0v) is 11.7. The molecular formula is C15H15N7. The highest BCUT2D eigenvalue weighted by Crippen LogP contribution is 2.24. The Labute approximate surface area is 127 Å². The molecule has 0 aliphatic carbocycles. The number of hydrogen-bond acceptors (Lipinski definition) is 7. The Morgan fingerprint density at radius 1 is 0.682 bits per heavy atom. The molecule has 3 aromatic rings. The van der Waals surface area contributed by atoms with Gasteiger partial charge in [-0.05, 0) is 24.3 Å². The van der Waals surface area contributed by atoms with Crippen LogP contribution in [0.3, 0.4) is 0 Å². The van der Waals surface area contributed by atoms with E-state index in [1.165, 1.54) is 0 Å². The van der Waals surface area contributed by atoms with E-state index in [2.05, 4.69) is 20.4 Å². The predicted molar refractivity (Wildman–Crippen MR) is 87.3 cm³/mol. The van der Waals surface area contributed by atoms with E-state index in [1.54, 1.807) is 0 Å². The van der Waals surface area contributed by atoms with E-state index in [-0.39, 0.29) is 17.8 Å². The highest BCUT2D eigenvalue weighted by Gasteiger charge is 2.11. The average molecular weight is 293 g/mol. The summed E-state index contributed by atoms with van der Waals surface area (Å²) in [5.41, 5.74) is 16.2. The summed E-state index contributed by atoms with van der Waals surface area (Å²) in [4.78, 5) is 11.9. The third-order valence-corrected chi connectivity index (χ3v) is 2.91. The smallest absolute Gasteiger partial charge is 0.248 e. The average Bonchev–Trinajstić information content (AvgIpc) is 2.53. The molecule has 0 fully saturated rings. The van der Waals surface area contributed by atoms with Crippen molar-refractivity contribution in [2.75, 3.05) is 21.9 Å². The Kier molecular flexibility index (Phi) is 3.69. The summed E-state index contributed by atoms with van der Waals surface area (Å²) in [6.45, 7) is 0. The number of rotatable bonds is 4. The van der Waals surface area contributed by atoms with Crippen LogP contribution in [0.2, 0.25) is 0 Å². The van der Waals surface area contributed by atoms with Gasteiger partial charge in [-0.2, -0.15) is 15.0 Å². The van der Waals surface area contributed by atoms with Gasteiger partial charge in [-0.1, -0.05) is 36.4 Å². The van der Waals surface area contributed by atoms with E-state index in [0.29, 0.717) is 0 Å². The number of hydrazine groups is 1. The van der Waals surface area contributed by atoms with Crippen LogP contribution in [0.1, 0.15) is 0 Å². The van der Waals surface area contributed by atoms with Crippen molar-refractivity contribution in [3.63, 3.8) is 0 Å². The topological polar surface area (TPSA) is 106 Å². The molecule has 5 N–H and O–H groups in total. The number of aromatic nitrogens is 3. The van der Waals surface area contributed by atoms with Crippen LogP contribution in [0.25, 0.3) is 0 Å². The third-order valence-electron chi connectivity index (χ3n) is 2.91. The summed E-state index contributed by atoms with van der Waals surface area (Å²) in [6, 6.07) is 19.6. The minimum atomic E-state index is 0.0658. The number of nitrogens with two attached hydrogens (primary N) is 2. The third kappa shape index (κ3) is 3.04. The Morgan fingerprint density at radius 3 is 1.59 bits per heavy atom. The van der Waals surface area contributed by atoms with Crippen molar-refractivity contribution in [1.82, 2.24) is 15.0 Å². The van der Waals surface area contributed by atoms with Crippen molar-refractivity contribution in [2.24, 2.45) is 0 Å². The van der Waals surface area contributed by atoms with E-state index < -0.39 is 0 Å². The highest BCUT2D eigenvalue weighted by atomic mass is 15.5. The molecule has 0 saturated heterocycles. The van der Waals surface area contributed by atoms with Crippen LogP contribution in [0, 0.1) is 0 Å². The molecule has 0 bridgehead atoms. The van der Waals surface area contributed by atoms with Gasteiger partial charge in [0.15, 0.2) is 0 Å². The maximum absolute atomic E-state index is 5.61. The van der Waals surface area contributed by atoms with Gasteiger partial charge in [0.05, 0.1) is 11.4 Å². The number of nitrogen functional groups attached to an aromatic ring is 2. The van der Waals surface area contributed by atoms with E-state index >= 15 is 0 Å². The first-order chi connectivity index (χ1) is 10.7. The monoisotopic (exact) mass is 293 g/mol. The number of benzene rings is 2. The van der Waals surface area contributed by atoms with Crippen molar-refractivity contribution in [2.45, 2.75) is 0 Å². The van der Waals surface area contributed by atoms with E-state index in [0.717, 1.165) is 11.4 Å². The summed E-state index contributed by atoms with van der Waals surface area (Å²) in [5, 5.41) is 1.84. The van der Waals surface area contributed by atoms with Crippen molar-refractivity contribution >= 4 is 29.2 Å². The highest BCUT2D eigenvalue weighted by molar-refractivity contribution is 5.66. The van der Waals surface area contributed by atoms with Crippen LogP contribution >= 0.6 is 0 Å². The van der Waals surface area contributed by atoms with E-state index in [1.807, 2.05) is 65.7 Å². The van der Waals surface area contributed by atoms with Crippen molar-refractivity contribution in [1.29, 1.82) is 0 Å². The second kappa shape index (κ2) is 5.96. The van der Waals surface area contributed by atoms with Crippen LogP contribution in [0.15, 0.2) is 60.7 Å². The Morgan fingerprint density at radius 2 is 1.14 bits per heavy atom. The first-order valence-corrected chi connectivity index (χ1v) is 6.66. The van der Waals surface area contributed by atoms with Crippen molar-refractivity contribution in [3.8, 4) is 0 Å².